The van der Waals surface area contributed by atoms with E-state index in [1.54, 1.807) is 24.3 Å². The molecule has 0 aliphatic carbocycles. The van der Waals surface area contributed by atoms with Crippen molar-refractivity contribution in [1.29, 1.82) is 0 Å². The second kappa shape index (κ2) is 9.54. The summed E-state index contributed by atoms with van der Waals surface area (Å²) in [5.41, 5.74) is 0.817. The van der Waals surface area contributed by atoms with Crippen molar-refractivity contribution < 1.29 is 19.4 Å². The molecule has 1 atom stereocenters. The third kappa shape index (κ3) is 4.95. The summed E-state index contributed by atoms with van der Waals surface area (Å²) in [4.78, 5) is 25.9. The number of ether oxygens (including phenoxy) is 1. The van der Waals surface area contributed by atoms with E-state index in [1.165, 1.54) is 4.90 Å². The molecule has 0 aromatic heterocycles. The lowest BCUT2D eigenvalue weighted by Crippen LogP contribution is -2.43. The molecule has 1 aliphatic heterocycles. The minimum absolute atomic E-state index is 0.288. The van der Waals surface area contributed by atoms with Crippen LogP contribution in [0.25, 0.3) is 6.08 Å². The lowest BCUT2D eigenvalue weighted by molar-refractivity contribution is -0.145. The van der Waals surface area contributed by atoms with E-state index < -0.39 is 12.0 Å². The number of carboxylic acid groups (broad SMARTS) is 1. The van der Waals surface area contributed by atoms with Crippen molar-refractivity contribution in [2.45, 2.75) is 32.2 Å². The van der Waals surface area contributed by atoms with Crippen molar-refractivity contribution in [3.05, 3.63) is 47.4 Å². The maximum absolute atomic E-state index is 12.7. The number of thiocarbonyl (C=S) groups is 1. The molecule has 1 N–H and O–H groups in total. The van der Waals surface area contributed by atoms with Crippen molar-refractivity contribution in [2.75, 3.05) is 6.61 Å². The zero-order valence-corrected chi connectivity index (χ0v) is 16.1. The zero-order chi connectivity index (χ0) is 19.1. The Balaban J connectivity index is 2.17. The summed E-state index contributed by atoms with van der Waals surface area (Å²) in [6, 6.07) is 6.35. The molecule has 0 bridgehead atoms. The maximum atomic E-state index is 12.7. The molecule has 0 radical (unpaired) electrons. The van der Waals surface area contributed by atoms with Gasteiger partial charge < -0.3 is 9.84 Å². The summed E-state index contributed by atoms with van der Waals surface area (Å²) in [6.07, 6.45) is 5.35. The smallest absolute Gasteiger partial charge is 0.326 e. The van der Waals surface area contributed by atoms with Crippen LogP contribution in [0.15, 0.2) is 41.8 Å². The zero-order valence-electron chi connectivity index (χ0n) is 14.5. The molecule has 1 fully saturated rings. The Morgan fingerprint density at radius 1 is 1.42 bits per heavy atom. The highest BCUT2D eigenvalue weighted by atomic mass is 32.2. The van der Waals surface area contributed by atoms with Crippen molar-refractivity contribution in [2.24, 2.45) is 0 Å². The predicted octanol–water partition coefficient (Wildman–Crippen LogP) is 4.10. The summed E-state index contributed by atoms with van der Waals surface area (Å²) in [5, 5.41) is 9.47. The maximum Gasteiger partial charge on any atom is 0.326 e. The number of thioether (sulfide) groups is 1. The number of benzene rings is 1. The molecule has 1 unspecified atom stereocenters. The molecule has 1 aromatic carbocycles. The minimum atomic E-state index is -1.03. The van der Waals surface area contributed by atoms with Gasteiger partial charge in [-0.05, 0) is 30.2 Å². The quantitative estimate of drug-likeness (QED) is 0.388. The van der Waals surface area contributed by atoms with Gasteiger partial charge in [0.25, 0.3) is 5.91 Å². The molecule has 2 rings (SSSR count). The van der Waals surface area contributed by atoms with E-state index in [9.17, 15) is 14.7 Å². The van der Waals surface area contributed by atoms with Crippen LogP contribution in [-0.4, -0.2) is 38.9 Å². The fourth-order valence-corrected chi connectivity index (χ4v) is 3.83. The van der Waals surface area contributed by atoms with Crippen molar-refractivity contribution in [3.8, 4) is 5.75 Å². The van der Waals surface area contributed by atoms with E-state index in [0.717, 1.165) is 30.2 Å². The Morgan fingerprint density at radius 2 is 2.12 bits per heavy atom. The minimum Gasteiger partial charge on any atom is -0.490 e. The molecule has 26 heavy (non-hydrogen) atoms. The topological polar surface area (TPSA) is 66.8 Å². The van der Waals surface area contributed by atoms with Crippen LogP contribution in [0.2, 0.25) is 0 Å². The van der Waals surface area contributed by atoms with Crippen LogP contribution in [0.4, 0.5) is 0 Å². The molecule has 0 spiro atoms. The highest BCUT2D eigenvalue weighted by Crippen LogP contribution is 2.35. The van der Waals surface area contributed by atoms with Crippen LogP contribution < -0.4 is 4.74 Å². The Labute approximate surface area is 162 Å². The average Bonchev–Trinajstić information content (AvgIpc) is 2.89. The van der Waals surface area contributed by atoms with Crippen molar-refractivity contribution >= 4 is 46.3 Å². The standard InChI is InChI=1S/C19H21NO4S2/c1-3-5-6-15(18(22)23)20-17(21)16(26-19(20)25)12-13-7-9-14(10-8-13)24-11-4-2/h4,7-10,12,15H,2-3,5-6,11H2,1H3,(H,22,23). The number of unbranched alkanes of at least 4 members (excludes halogenated alkanes) is 1. The molecular formula is C19H21NO4S2. The summed E-state index contributed by atoms with van der Waals surface area (Å²) in [5.74, 6) is -0.671. The summed E-state index contributed by atoms with van der Waals surface area (Å²) in [7, 11) is 0. The Bertz CT molecular complexity index is 728. The van der Waals surface area contributed by atoms with Crippen molar-refractivity contribution in [1.82, 2.24) is 4.90 Å². The SMILES string of the molecule is C=CCOc1ccc(C=C2SC(=S)N(C(CCCC)C(=O)O)C2=O)cc1. The molecule has 138 valence electrons. The molecule has 7 heteroatoms. The van der Waals surface area contributed by atoms with Gasteiger partial charge in [-0.2, -0.15) is 0 Å². The molecule has 1 aliphatic rings. The largest absolute Gasteiger partial charge is 0.490 e. The van der Waals surface area contributed by atoms with Gasteiger partial charge >= 0.3 is 5.97 Å². The first-order chi connectivity index (χ1) is 12.5. The van der Waals surface area contributed by atoms with Gasteiger partial charge in [0, 0.05) is 0 Å². The second-order valence-electron chi connectivity index (χ2n) is 5.72. The third-order valence-electron chi connectivity index (χ3n) is 3.80. The lowest BCUT2D eigenvalue weighted by atomic mass is 10.1. The number of nitrogens with zero attached hydrogens (tertiary/aromatic N) is 1. The van der Waals surface area contributed by atoms with Crippen LogP contribution in [0, 0.1) is 0 Å². The van der Waals surface area contributed by atoms with Crippen LogP contribution in [0.1, 0.15) is 31.7 Å². The van der Waals surface area contributed by atoms with Gasteiger partial charge in [0.05, 0.1) is 4.91 Å². The second-order valence-corrected chi connectivity index (χ2v) is 7.39. The average molecular weight is 392 g/mol. The van der Waals surface area contributed by atoms with Crippen LogP contribution in [-0.2, 0) is 9.59 Å². The highest BCUT2D eigenvalue weighted by Gasteiger charge is 2.40. The molecular weight excluding hydrogens is 370 g/mol. The van der Waals surface area contributed by atoms with E-state index >= 15 is 0 Å². The molecule has 0 saturated carbocycles. The van der Waals surface area contributed by atoms with Gasteiger partial charge in [-0.15, -0.1) is 0 Å². The highest BCUT2D eigenvalue weighted by molar-refractivity contribution is 8.26. The Hall–Kier alpha value is -2.12. The molecule has 5 nitrogen and oxygen atoms in total. The van der Waals surface area contributed by atoms with Gasteiger partial charge in [-0.3, -0.25) is 9.69 Å². The first-order valence-corrected chi connectivity index (χ1v) is 9.54. The third-order valence-corrected chi connectivity index (χ3v) is 5.13. The van der Waals surface area contributed by atoms with Crippen molar-refractivity contribution in [3.63, 3.8) is 0 Å². The number of carbonyl (C=O) groups is 2. The fourth-order valence-electron chi connectivity index (χ4n) is 2.48. The lowest BCUT2D eigenvalue weighted by Gasteiger charge is -2.22. The first kappa shape index (κ1) is 20.2. The Morgan fingerprint density at radius 3 is 2.69 bits per heavy atom. The first-order valence-electron chi connectivity index (χ1n) is 8.31. The molecule has 1 aromatic rings. The molecule has 1 amide bonds. The number of hydrogen-bond acceptors (Lipinski definition) is 5. The summed E-state index contributed by atoms with van der Waals surface area (Å²) < 4.78 is 5.71. The normalized spacial score (nSPS) is 16.8. The number of carboxylic acids is 1. The fraction of sp³-hybridized carbons (Fsp3) is 0.316. The van der Waals surface area contributed by atoms with E-state index in [4.69, 9.17) is 17.0 Å². The van der Waals surface area contributed by atoms with Gasteiger partial charge in [-0.1, -0.05) is 68.5 Å². The number of aliphatic carboxylic acids is 1. The van der Waals surface area contributed by atoms with Gasteiger partial charge in [0.1, 0.15) is 22.7 Å². The number of carbonyl (C=O) groups excluding carboxylic acids is 1. The summed E-state index contributed by atoms with van der Waals surface area (Å²) >= 11 is 6.39. The van der Waals surface area contributed by atoms with Gasteiger partial charge in [-0.25, -0.2) is 4.79 Å². The monoisotopic (exact) mass is 391 g/mol. The van der Waals surface area contributed by atoms with Gasteiger partial charge in [0.15, 0.2) is 0 Å². The van der Waals surface area contributed by atoms with E-state index in [-0.39, 0.29) is 10.2 Å². The summed E-state index contributed by atoms with van der Waals surface area (Å²) in [6.45, 7) is 6.00. The number of amides is 1. The van der Waals surface area contributed by atoms with Gasteiger partial charge in [0.2, 0.25) is 0 Å². The predicted molar refractivity (Wildman–Crippen MR) is 108 cm³/mol. The van der Waals surface area contributed by atoms with Crippen LogP contribution in [0.5, 0.6) is 5.75 Å². The van der Waals surface area contributed by atoms with E-state index in [2.05, 4.69) is 6.58 Å². The van der Waals surface area contributed by atoms with E-state index in [1.807, 2.05) is 19.1 Å². The van der Waals surface area contributed by atoms with E-state index in [0.29, 0.717) is 23.7 Å². The Kier molecular flexibility index (Phi) is 7.41. The number of hydrogen-bond donors (Lipinski definition) is 1. The molecule has 1 saturated heterocycles. The van der Waals surface area contributed by atoms with Crippen LogP contribution >= 0.6 is 24.0 Å². The van der Waals surface area contributed by atoms with Crippen LogP contribution in [0.3, 0.4) is 0 Å². The number of rotatable bonds is 9. The molecule has 1 heterocycles.